The summed E-state index contributed by atoms with van der Waals surface area (Å²) in [6.45, 7) is 4.12. The second kappa shape index (κ2) is 4.35. The van der Waals surface area contributed by atoms with Gasteiger partial charge in [0.2, 0.25) is 0 Å². The number of hydrogen-bond acceptors (Lipinski definition) is 3. The highest BCUT2D eigenvalue weighted by atomic mass is 79.9. The third-order valence-electron chi connectivity index (χ3n) is 3.34. The topological polar surface area (TPSA) is 39.4 Å². The molecule has 0 bridgehead atoms. The van der Waals surface area contributed by atoms with E-state index in [2.05, 4.69) is 45.7 Å². The van der Waals surface area contributed by atoms with Gasteiger partial charge in [-0.05, 0) is 70.7 Å². The molecule has 5 heteroatoms. The van der Waals surface area contributed by atoms with Crippen LogP contribution in [-0.2, 0) is 6.42 Å². The molecule has 0 saturated heterocycles. The Labute approximate surface area is 127 Å². The first kappa shape index (κ1) is 13.2. The van der Waals surface area contributed by atoms with Crippen LogP contribution in [0.4, 0.5) is 0 Å². The van der Waals surface area contributed by atoms with Crippen molar-refractivity contribution < 1.29 is 9.15 Å². The van der Waals surface area contributed by atoms with Gasteiger partial charge in [-0.25, -0.2) is 4.79 Å². The van der Waals surface area contributed by atoms with E-state index in [0.717, 1.165) is 34.0 Å². The van der Waals surface area contributed by atoms with Crippen molar-refractivity contribution in [1.29, 1.82) is 0 Å². The van der Waals surface area contributed by atoms with E-state index in [-0.39, 0.29) is 11.2 Å². The van der Waals surface area contributed by atoms with Crippen LogP contribution in [0.25, 0.3) is 11.0 Å². The van der Waals surface area contributed by atoms with Crippen LogP contribution in [0.15, 0.2) is 30.3 Å². The van der Waals surface area contributed by atoms with Crippen molar-refractivity contribution in [3.8, 4) is 5.75 Å². The first-order chi connectivity index (χ1) is 8.87. The quantitative estimate of drug-likeness (QED) is 0.628. The molecule has 100 valence electrons. The SMILES string of the molecule is CC1(C)CCc2c(c(Br)cc3cc(Br)c(=O)oc23)O1. The first-order valence-electron chi connectivity index (χ1n) is 6.01. The lowest BCUT2D eigenvalue weighted by molar-refractivity contribution is 0.0838. The molecule has 0 N–H and O–H groups in total. The van der Waals surface area contributed by atoms with Crippen LogP contribution in [0.2, 0.25) is 0 Å². The molecule has 0 radical (unpaired) electrons. The number of fused-ring (bicyclic) bond motifs is 3. The Morgan fingerprint density at radius 3 is 2.63 bits per heavy atom. The van der Waals surface area contributed by atoms with Crippen molar-refractivity contribution in [2.45, 2.75) is 32.3 Å². The van der Waals surface area contributed by atoms with Crippen LogP contribution in [0.5, 0.6) is 5.75 Å². The fraction of sp³-hybridized carbons (Fsp3) is 0.357. The largest absolute Gasteiger partial charge is 0.486 e. The van der Waals surface area contributed by atoms with Crippen LogP contribution in [0.3, 0.4) is 0 Å². The molecule has 3 rings (SSSR count). The van der Waals surface area contributed by atoms with Gasteiger partial charge in [-0.2, -0.15) is 0 Å². The Morgan fingerprint density at radius 1 is 1.21 bits per heavy atom. The minimum absolute atomic E-state index is 0.196. The number of rotatable bonds is 0. The third-order valence-corrected chi connectivity index (χ3v) is 4.48. The Hall–Kier alpha value is -0.810. The van der Waals surface area contributed by atoms with Crippen molar-refractivity contribution in [2.75, 3.05) is 0 Å². The predicted molar refractivity (Wildman–Crippen MR) is 80.9 cm³/mol. The van der Waals surface area contributed by atoms with Crippen LogP contribution < -0.4 is 10.4 Å². The van der Waals surface area contributed by atoms with Gasteiger partial charge >= 0.3 is 5.63 Å². The Kier molecular flexibility index (Phi) is 3.02. The number of ether oxygens (including phenoxy) is 1. The maximum Gasteiger partial charge on any atom is 0.350 e. The lowest BCUT2D eigenvalue weighted by atomic mass is 9.93. The van der Waals surface area contributed by atoms with Gasteiger partial charge in [0.25, 0.3) is 0 Å². The lowest BCUT2D eigenvalue weighted by Gasteiger charge is -2.33. The molecule has 0 amide bonds. The van der Waals surface area contributed by atoms with E-state index in [1.807, 2.05) is 6.07 Å². The van der Waals surface area contributed by atoms with Crippen LogP contribution in [0.1, 0.15) is 25.8 Å². The number of halogens is 2. The second-order valence-electron chi connectivity index (χ2n) is 5.33. The predicted octanol–water partition coefficient (Wildman–Crippen LogP) is 4.42. The van der Waals surface area contributed by atoms with E-state index in [0.29, 0.717) is 10.1 Å². The van der Waals surface area contributed by atoms with Crippen LogP contribution in [0, 0.1) is 0 Å². The van der Waals surface area contributed by atoms with Gasteiger partial charge in [0.15, 0.2) is 0 Å². The summed E-state index contributed by atoms with van der Waals surface area (Å²) in [4.78, 5) is 11.7. The van der Waals surface area contributed by atoms with E-state index in [9.17, 15) is 4.79 Å². The zero-order chi connectivity index (χ0) is 13.8. The summed E-state index contributed by atoms with van der Waals surface area (Å²) in [7, 11) is 0. The molecule has 0 saturated carbocycles. The Morgan fingerprint density at radius 2 is 1.89 bits per heavy atom. The highest BCUT2D eigenvalue weighted by molar-refractivity contribution is 9.10. The third kappa shape index (κ3) is 2.23. The van der Waals surface area contributed by atoms with Crippen LogP contribution >= 0.6 is 31.9 Å². The molecule has 0 fully saturated rings. The molecule has 2 aromatic rings. The zero-order valence-corrected chi connectivity index (χ0v) is 13.7. The standard InChI is InChI=1S/C14H12Br2O3/c1-14(2)4-3-8-11-7(5-9(15)12(8)19-14)6-10(16)13(17)18-11/h5-6H,3-4H2,1-2H3. The molecule has 3 nitrogen and oxygen atoms in total. The van der Waals surface area contributed by atoms with Gasteiger partial charge in [0, 0.05) is 10.9 Å². The molecule has 0 spiro atoms. The average molecular weight is 388 g/mol. The van der Waals surface area contributed by atoms with Gasteiger partial charge < -0.3 is 9.15 Å². The summed E-state index contributed by atoms with van der Waals surface area (Å²) < 4.78 is 12.7. The summed E-state index contributed by atoms with van der Waals surface area (Å²) in [5.41, 5.74) is 1.04. The van der Waals surface area contributed by atoms with Gasteiger partial charge in [-0.1, -0.05) is 0 Å². The minimum Gasteiger partial charge on any atom is -0.486 e. The molecule has 1 aromatic heterocycles. The summed E-state index contributed by atoms with van der Waals surface area (Å²) in [6, 6.07) is 3.70. The van der Waals surface area contributed by atoms with Crippen molar-refractivity contribution in [2.24, 2.45) is 0 Å². The van der Waals surface area contributed by atoms with Crippen molar-refractivity contribution in [3.05, 3.63) is 37.1 Å². The summed E-state index contributed by atoms with van der Waals surface area (Å²) in [5, 5.41) is 0.889. The molecule has 1 aromatic carbocycles. The second-order valence-corrected chi connectivity index (χ2v) is 7.04. The van der Waals surface area contributed by atoms with Gasteiger partial charge in [-0.15, -0.1) is 0 Å². The highest BCUT2D eigenvalue weighted by Crippen LogP contribution is 2.42. The van der Waals surface area contributed by atoms with E-state index < -0.39 is 0 Å². The van der Waals surface area contributed by atoms with Crippen LogP contribution in [-0.4, -0.2) is 5.60 Å². The molecule has 0 aliphatic carbocycles. The fourth-order valence-corrected chi connectivity index (χ4v) is 3.24. The van der Waals surface area contributed by atoms with Gasteiger partial charge in [0.05, 0.1) is 4.47 Å². The summed E-state index contributed by atoms with van der Waals surface area (Å²) in [5.74, 6) is 0.786. The summed E-state index contributed by atoms with van der Waals surface area (Å²) in [6.07, 6.45) is 1.73. The Bertz CT molecular complexity index is 732. The summed E-state index contributed by atoms with van der Waals surface area (Å²) >= 11 is 6.74. The van der Waals surface area contributed by atoms with E-state index in [1.165, 1.54) is 0 Å². The smallest absolute Gasteiger partial charge is 0.350 e. The molecule has 0 atom stereocenters. The average Bonchev–Trinajstić information content (AvgIpc) is 2.32. The fourth-order valence-electron chi connectivity index (χ4n) is 2.34. The normalized spacial score (nSPS) is 17.1. The zero-order valence-electron chi connectivity index (χ0n) is 10.5. The maximum atomic E-state index is 11.7. The molecule has 1 aliphatic rings. The molecule has 19 heavy (non-hydrogen) atoms. The van der Waals surface area contributed by atoms with E-state index in [4.69, 9.17) is 9.15 Å². The molecular weight excluding hydrogens is 376 g/mol. The molecule has 2 heterocycles. The molecule has 1 aliphatic heterocycles. The molecular formula is C14H12Br2O3. The minimum atomic E-state index is -0.359. The number of hydrogen-bond donors (Lipinski definition) is 0. The maximum absolute atomic E-state index is 11.7. The Balaban J connectivity index is 2.34. The number of aryl methyl sites for hydroxylation is 1. The monoisotopic (exact) mass is 386 g/mol. The highest BCUT2D eigenvalue weighted by Gasteiger charge is 2.30. The first-order valence-corrected chi connectivity index (χ1v) is 7.60. The van der Waals surface area contributed by atoms with Crippen molar-refractivity contribution in [1.82, 2.24) is 0 Å². The number of benzene rings is 1. The lowest BCUT2D eigenvalue weighted by Crippen LogP contribution is -2.32. The van der Waals surface area contributed by atoms with Crippen molar-refractivity contribution in [3.63, 3.8) is 0 Å². The van der Waals surface area contributed by atoms with E-state index in [1.54, 1.807) is 6.07 Å². The molecule has 0 unspecified atom stereocenters. The van der Waals surface area contributed by atoms with Gasteiger partial charge in [0.1, 0.15) is 21.4 Å². The van der Waals surface area contributed by atoms with E-state index >= 15 is 0 Å². The van der Waals surface area contributed by atoms with Gasteiger partial charge in [-0.3, -0.25) is 0 Å². The van der Waals surface area contributed by atoms with Crippen molar-refractivity contribution >= 4 is 42.8 Å².